The van der Waals surface area contributed by atoms with Crippen LogP contribution in [0.3, 0.4) is 0 Å². The van der Waals surface area contributed by atoms with E-state index < -0.39 is 6.10 Å². The molecule has 3 N–H and O–H groups in total. The van der Waals surface area contributed by atoms with Crippen LogP contribution in [0.2, 0.25) is 0 Å². The molecule has 1 atom stereocenters. The predicted octanol–water partition coefficient (Wildman–Crippen LogP) is 0.712. The number of nitrogens with one attached hydrogen (secondary N) is 2. The molecule has 0 aliphatic rings. The highest BCUT2D eigenvalue weighted by atomic mass is 16.3. The van der Waals surface area contributed by atoms with Crippen LogP contribution in [0.1, 0.15) is 27.7 Å². The lowest BCUT2D eigenvalue weighted by Crippen LogP contribution is -2.42. The average molecular weight is 188 g/mol. The number of hydrogen-bond donors (Lipinski definition) is 3. The lowest BCUT2D eigenvalue weighted by Gasteiger charge is -2.19. The van der Waals surface area contributed by atoms with Crippen LogP contribution in [-0.4, -0.2) is 30.3 Å². The van der Waals surface area contributed by atoms with Gasteiger partial charge < -0.3 is 15.7 Å². The van der Waals surface area contributed by atoms with Crippen molar-refractivity contribution in [1.82, 2.24) is 10.6 Å². The van der Waals surface area contributed by atoms with E-state index in [0.29, 0.717) is 6.54 Å². The Morgan fingerprint density at radius 1 is 1.38 bits per heavy atom. The first-order valence-electron chi connectivity index (χ1n) is 4.51. The topological polar surface area (TPSA) is 61.4 Å². The molecule has 78 valence electrons. The highest BCUT2D eigenvalue weighted by Crippen LogP contribution is 2.09. The van der Waals surface area contributed by atoms with E-state index in [1.165, 1.54) is 0 Å². The molecule has 0 spiro atoms. The van der Waals surface area contributed by atoms with Gasteiger partial charge in [0.05, 0.1) is 6.10 Å². The van der Waals surface area contributed by atoms with Gasteiger partial charge in [-0.3, -0.25) is 0 Å². The van der Waals surface area contributed by atoms with Gasteiger partial charge in [-0.15, -0.1) is 0 Å². The van der Waals surface area contributed by atoms with Gasteiger partial charge in [0.1, 0.15) is 0 Å². The molecule has 0 heterocycles. The van der Waals surface area contributed by atoms with Gasteiger partial charge in [-0.2, -0.15) is 0 Å². The summed E-state index contributed by atoms with van der Waals surface area (Å²) in [5, 5.41) is 14.2. The van der Waals surface area contributed by atoms with Crippen LogP contribution >= 0.6 is 0 Å². The third kappa shape index (κ3) is 9.14. The highest BCUT2D eigenvalue weighted by molar-refractivity contribution is 5.73. The quantitative estimate of drug-likeness (QED) is 0.611. The maximum Gasteiger partial charge on any atom is 0.314 e. The molecule has 0 aromatic carbocycles. The van der Waals surface area contributed by atoms with Crippen molar-refractivity contribution in [2.75, 3.05) is 13.1 Å². The van der Waals surface area contributed by atoms with Crippen molar-refractivity contribution >= 4 is 6.03 Å². The first-order valence-corrected chi connectivity index (χ1v) is 4.51. The molecule has 0 aliphatic heterocycles. The standard InChI is InChI=1S/C9H20N2O2/c1-7(12)5-10-8(13)11-6-9(2,3)4/h7,12H,5-6H2,1-4H3,(H2,10,11,13). The summed E-state index contributed by atoms with van der Waals surface area (Å²) in [4.78, 5) is 11.1. The maximum absolute atomic E-state index is 11.1. The second-order valence-corrected chi connectivity index (χ2v) is 4.47. The minimum Gasteiger partial charge on any atom is -0.392 e. The molecule has 4 nitrogen and oxygen atoms in total. The van der Waals surface area contributed by atoms with Crippen molar-refractivity contribution in [3.8, 4) is 0 Å². The number of aliphatic hydroxyl groups is 1. The van der Waals surface area contributed by atoms with Crippen LogP contribution in [0.15, 0.2) is 0 Å². The molecule has 0 aromatic rings. The van der Waals surface area contributed by atoms with Crippen LogP contribution < -0.4 is 10.6 Å². The minimum absolute atomic E-state index is 0.0855. The zero-order valence-electron chi connectivity index (χ0n) is 8.85. The summed E-state index contributed by atoms with van der Waals surface area (Å²) in [7, 11) is 0. The summed E-state index contributed by atoms with van der Waals surface area (Å²) in [6.07, 6.45) is -0.500. The number of hydrogen-bond acceptors (Lipinski definition) is 2. The van der Waals surface area contributed by atoms with Gasteiger partial charge in [-0.05, 0) is 12.3 Å². The van der Waals surface area contributed by atoms with Gasteiger partial charge in [0.15, 0.2) is 0 Å². The van der Waals surface area contributed by atoms with E-state index in [1.54, 1.807) is 6.92 Å². The molecule has 2 amide bonds. The van der Waals surface area contributed by atoms with E-state index in [2.05, 4.69) is 10.6 Å². The zero-order chi connectivity index (χ0) is 10.5. The summed E-state index contributed by atoms with van der Waals surface area (Å²) in [6, 6.07) is -0.226. The summed E-state index contributed by atoms with van der Waals surface area (Å²) in [6.45, 7) is 8.67. The number of amides is 2. The van der Waals surface area contributed by atoms with E-state index in [1.807, 2.05) is 20.8 Å². The number of carbonyl (C=O) groups is 1. The van der Waals surface area contributed by atoms with Gasteiger partial charge in [-0.25, -0.2) is 4.79 Å². The monoisotopic (exact) mass is 188 g/mol. The van der Waals surface area contributed by atoms with Crippen molar-refractivity contribution in [2.24, 2.45) is 5.41 Å². The molecule has 4 heteroatoms. The SMILES string of the molecule is CC(O)CNC(=O)NCC(C)(C)C. The van der Waals surface area contributed by atoms with Crippen LogP contribution in [0.25, 0.3) is 0 Å². The second kappa shape index (κ2) is 5.07. The normalized spacial score (nSPS) is 13.6. The van der Waals surface area contributed by atoms with E-state index in [-0.39, 0.29) is 18.0 Å². The molecule has 0 radical (unpaired) electrons. The molecular weight excluding hydrogens is 168 g/mol. The van der Waals surface area contributed by atoms with E-state index in [4.69, 9.17) is 5.11 Å². The molecule has 1 unspecified atom stereocenters. The molecule has 13 heavy (non-hydrogen) atoms. The fourth-order valence-electron chi connectivity index (χ4n) is 0.648. The van der Waals surface area contributed by atoms with Gasteiger partial charge in [0, 0.05) is 13.1 Å². The van der Waals surface area contributed by atoms with Gasteiger partial charge in [0.2, 0.25) is 0 Å². The van der Waals surface area contributed by atoms with Crippen LogP contribution in [-0.2, 0) is 0 Å². The Balaban J connectivity index is 3.53. The lowest BCUT2D eigenvalue weighted by molar-refractivity contribution is 0.186. The Morgan fingerprint density at radius 3 is 2.31 bits per heavy atom. The number of aliphatic hydroxyl groups excluding tert-OH is 1. The molecular formula is C9H20N2O2. The van der Waals surface area contributed by atoms with Gasteiger partial charge in [-0.1, -0.05) is 20.8 Å². The highest BCUT2D eigenvalue weighted by Gasteiger charge is 2.11. The van der Waals surface area contributed by atoms with Crippen LogP contribution in [0, 0.1) is 5.41 Å². The molecule has 0 bridgehead atoms. The van der Waals surface area contributed by atoms with E-state index in [9.17, 15) is 4.79 Å². The summed E-state index contributed by atoms with van der Waals surface area (Å²) in [5.74, 6) is 0. The van der Waals surface area contributed by atoms with Crippen molar-refractivity contribution in [3.05, 3.63) is 0 Å². The molecule has 0 saturated heterocycles. The fourth-order valence-corrected chi connectivity index (χ4v) is 0.648. The van der Waals surface area contributed by atoms with E-state index in [0.717, 1.165) is 0 Å². The minimum atomic E-state index is -0.500. The van der Waals surface area contributed by atoms with Crippen molar-refractivity contribution in [1.29, 1.82) is 0 Å². The molecule has 0 fully saturated rings. The van der Waals surface area contributed by atoms with Crippen LogP contribution in [0.5, 0.6) is 0 Å². The van der Waals surface area contributed by atoms with Crippen molar-refractivity contribution in [3.63, 3.8) is 0 Å². The Bertz CT molecular complexity index is 161. The summed E-state index contributed by atoms with van der Waals surface area (Å²) in [5.41, 5.74) is 0.0855. The van der Waals surface area contributed by atoms with Gasteiger partial charge >= 0.3 is 6.03 Å². The Kier molecular flexibility index (Phi) is 4.77. The van der Waals surface area contributed by atoms with E-state index >= 15 is 0 Å². The maximum atomic E-state index is 11.1. The Labute approximate surface area is 79.7 Å². The third-order valence-corrected chi connectivity index (χ3v) is 1.34. The molecule has 0 rings (SSSR count). The molecule has 0 aromatic heterocycles. The Morgan fingerprint density at radius 2 is 1.92 bits per heavy atom. The third-order valence-electron chi connectivity index (χ3n) is 1.34. The largest absolute Gasteiger partial charge is 0.392 e. The average Bonchev–Trinajstić information content (AvgIpc) is 1.95. The summed E-state index contributed by atoms with van der Waals surface area (Å²) < 4.78 is 0. The fraction of sp³-hybridized carbons (Fsp3) is 0.889. The molecule has 0 aliphatic carbocycles. The first kappa shape index (κ1) is 12.2. The van der Waals surface area contributed by atoms with Crippen molar-refractivity contribution in [2.45, 2.75) is 33.8 Å². The van der Waals surface area contributed by atoms with Crippen molar-refractivity contribution < 1.29 is 9.90 Å². The zero-order valence-corrected chi connectivity index (χ0v) is 8.85. The van der Waals surface area contributed by atoms with Crippen LogP contribution in [0.4, 0.5) is 4.79 Å². The van der Waals surface area contributed by atoms with Gasteiger partial charge in [0.25, 0.3) is 0 Å². The second-order valence-electron chi connectivity index (χ2n) is 4.47. The Hall–Kier alpha value is -0.770. The number of rotatable bonds is 3. The predicted molar refractivity (Wildman–Crippen MR) is 52.5 cm³/mol. The number of carbonyl (C=O) groups excluding carboxylic acids is 1. The smallest absolute Gasteiger partial charge is 0.314 e. The summed E-state index contributed by atoms with van der Waals surface area (Å²) >= 11 is 0. The lowest BCUT2D eigenvalue weighted by atomic mass is 9.97. The number of urea groups is 1. The molecule has 0 saturated carbocycles. The first-order chi connectivity index (χ1) is 5.81.